The SMILES string of the molecule is C=C1NCC(C)=C(C)N1N. The summed E-state index contributed by atoms with van der Waals surface area (Å²) in [5.41, 5.74) is 2.35. The van der Waals surface area contributed by atoms with Crippen molar-refractivity contribution in [2.75, 3.05) is 6.54 Å². The van der Waals surface area contributed by atoms with E-state index in [1.807, 2.05) is 6.92 Å². The molecule has 0 aliphatic carbocycles. The highest BCUT2D eigenvalue weighted by Crippen LogP contribution is 2.13. The molecule has 10 heavy (non-hydrogen) atoms. The van der Waals surface area contributed by atoms with Crippen LogP contribution in [0.15, 0.2) is 23.7 Å². The summed E-state index contributed by atoms with van der Waals surface area (Å²) in [5.74, 6) is 6.39. The van der Waals surface area contributed by atoms with Crippen LogP contribution >= 0.6 is 0 Å². The summed E-state index contributed by atoms with van der Waals surface area (Å²) in [5, 5.41) is 4.63. The first-order valence-corrected chi connectivity index (χ1v) is 3.27. The van der Waals surface area contributed by atoms with E-state index >= 15 is 0 Å². The molecule has 1 aliphatic heterocycles. The third-order valence-electron chi connectivity index (χ3n) is 1.83. The van der Waals surface area contributed by atoms with Crippen molar-refractivity contribution in [3.05, 3.63) is 23.7 Å². The second kappa shape index (κ2) is 2.34. The number of rotatable bonds is 0. The van der Waals surface area contributed by atoms with E-state index in [9.17, 15) is 0 Å². The minimum atomic E-state index is 0.767. The van der Waals surface area contributed by atoms with Crippen LogP contribution in [0.5, 0.6) is 0 Å². The van der Waals surface area contributed by atoms with E-state index in [2.05, 4.69) is 18.8 Å². The molecule has 3 N–H and O–H groups in total. The first-order chi connectivity index (χ1) is 4.63. The molecule has 3 nitrogen and oxygen atoms in total. The lowest BCUT2D eigenvalue weighted by Crippen LogP contribution is -2.40. The predicted molar refractivity (Wildman–Crippen MR) is 41.5 cm³/mol. The van der Waals surface area contributed by atoms with Crippen LogP contribution < -0.4 is 11.2 Å². The topological polar surface area (TPSA) is 41.3 Å². The summed E-state index contributed by atoms with van der Waals surface area (Å²) in [6, 6.07) is 0. The lowest BCUT2D eigenvalue weighted by Gasteiger charge is -2.29. The van der Waals surface area contributed by atoms with E-state index in [4.69, 9.17) is 5.84 Å². The van der Waals surface area contributed by atoms with E-state index in [1.54, 1.807) is 5.01 Å². The third-order valence-corrected chi connectivity index (χ3v) is 1.83. The van der Waals surface area contributed by atoms with Crippen molar-refractivity contribution >= 4 is 0 Å². The summed E-state index contributed by atoms with van der Waals surface area (Å²) in [6.07, 6.45) is 0. The van der Waals surface area contributed by atoms with Crippen molar-refractivity contribution in [3.63, 3.8) is 0 Å². The van der Waals surface area contributed by atoms with Crippen LogP contribution in [0, 0.1) is 0 Å². The molecule has 0 radical (unpaired) electrons. The van der Waals surface area contributed by atoms with Crippen LogP contribution in [-0.4, -0.2) is 11.6 Å². The molecule has 0 aromatic rings. The zero-order valence-electron chi connectivity index (χ0n) is 6.44. The fraction of sp³-hybridized carbons (Fsp3) is 0.429. The lowest BCUT2D eigenvalue weighted by molar-refractivity contribution is 0.391. The molecule has 1 rings (SSSR count). The molecule has 0 saturated carbocycles. The Hall–Kier alpha value is -0.960. The van der Waals surface area contributed by atoms with Crippen molar-refractivity contribution < 1.29 is 0 Å². The van der Waals surface area contributed by atoms with Crippen LogP contribution in [-0.2, 0) is 0 Å². The first-order valence-electron chi connectivity index (χ1n) is 3.27. The molecule has 0 amide bonds. The largest absolute Gasteiger partial charge is 0.367 e. The number of hydrogen-bond donors (Lipinski definition) is 2. The fourth-order valence-electron chi connectivity index (χ4n) is 0.856. The van der Waals surface area contributed by atoms with Crippen molar-refractivity contribution in [1.82, 2.24) is 10.3 Å². The molecule has 56 valence electrons. The summed E-state index contributed by atoms with van der Waals surface area (Å²) in [6.45, 7) is 8.63. The Morgan fingerprint density at radius 2 is 2.20 bits per heavy atom. The zero-order chi connectivity index (χ0) is 7.72. The van der Waals surface area contributed by atoms with Crippen molar-refractivity contribution in [3.8, 4) is 0 Å². The molecule has 0 aromatic carbocycles. The normalized spacial score (nSPS) is 19.5. The lowest BCUT2D eigenvalue weighted by atomic mass is 10.2. The van der Waals surface area contributed by atoms with E-state index in [1.165, 1.54) is 5.57 Å². The molecule has 0 atom stereocenters. The van der Waals surface area contributed by atoms with Gasteiger partial charge in [-0.15, -0.1) is 0 Å². The van der Waals surface area contributed by atoms with Gasteiger partial charge in [0.2, 0.25) is 0 Å². The summed E-state index contributed by atoms with van der Waals surface area (Å²) in [4.78, 5) is 0. The van der Waals surface area contributed by atoms with E-state index in [0.717, 1.165) is 18.1 Å². The van der Waals surface area contributed by atoms with Crippen LogP contribution in [0.4, 0.5) is 0 Å². The van der Waals surface area contributed by atoms with Gasteiger partial charge >= 0.3 is 0 Å². The minimum Gasteiger partial charge on any atom is -0.367 e. The number of nitrogens with one attached hydrogen (secondary N) is 1. The van der Waals surface area contributed by atoms with Crippen LogP contribution in [0.25, 0.3) is 0 Å². The van der Waals surface area contributed by atoms with E-state index in [0.29, 0.717) is 0 Å². The van der Waals surface area contributed by atoms with Gasteiger partial charge in [-0.2, -0.15) is 0 Å². The molecule has 0 spiro atoms. The Labute approximate surface area is 61.2 Å². The van der Waals surface area contributed by atoms with Crippen molar-refractivity contribution in [2.45, 2.75) is 13.8 Å². The van der Waals surface area contributed by atoms with Crippen LogP contribution in [0.2, 0.25) is 0 Å². The van der Waals surface area contributed by atoms with Gasteiger partial charge in [0.1, 0.15) is 5.82 Å². The van der Waals surface area contributed by atoms with Gasteiger partial charge in [0.15, 0.2) is 0 Å². The standard InChI is InChI=1S/C7H13N3/c1-5-4-9-7(3)10(8)6(5)2/h9H,3-4,8H2,1-2H3. The molecule has 3 heteroatoms. The fourth-order valence-corrected chi connectivity index (χ4v) is 0.856. The molecular formula is C7H13N3. The number of hydrogen-bond acceptors (Lipinski definition) is 3. The molecule has 0 fully saturated rings. The van der Waals surface area contributed by atoms with Crippen LogP contribution in [0.3, 0.4) is 0 Å². The Kier molecular flexibility index (Phi) is 1.68. The van der Waals surface area contributed by atoms with E-state index < -0.39 is 0 Å². The highest BCUT2D eigenvalue weighted by atomic mass is 15.5. The Bertz CT molecular complexity index is 193. The van der Waals surface area contributed by atoms with Gasteiger partial charge in [0.25, 0.3) is 0 Å². The number of nitrogens with two attached hydrogens (primary N) is 1. The maximum absolute atomic E-state index is 5.63. The Morgan fingerprint density at radius 3 is 2.70 bits per heavy atom. The monoisotopic (exact) mass is 139 g/mol. The molecule has 0 saturated heterocycles. The van der Waals surface area contributed by atoms with Crippen LogP contribution in [0.1, 0.15) is 13.8 Å². The van der Waals surface area contributed by atoms with E-state index in [-0.39, 0.29) is 0 Å². The van der Waals surface area contributed by atoms with Gasteiger partial charge in [-0.1, -0.05) is 6.58 Å². The smallest absolute Gasteiger partial charge is 0.113 e. The minimum absolute atomic E-state index is 0.767. The van der Waals surface area contributed by atoms with Gasteiger partial charge in [0, 0.05) is 12.2 Å². The highest BCUT2D eigenvalue weighted by molar-refractivity contribution is 5.19. The zero-order valence-corrected chi connectivity index (χ0v) is 6.44. The maximum Gasteiger partial charge on any atom is 0.113 e. The summed E-state index contributed by atoms with van der Waals surface area (Å²) >= 11 is 0. The predicted octanol–water partition coefficient (Wildman–Crippen LogP) is 0.530. The maximum atomic E-state index is 5.63. The van der Waals surface area contributed by atoms with Gasteiger partial charge in [-0.25, -0.2) is 5.84 Å². The average molecular weight is 139 g/mol. The molecule has 1 aliphatic rings. The second-order valence-corrected chi connectivity index (χ2v) is 2.54. The summed E-state index contributed by atoms with van der Waals surface area (Å²) < 4.78 is 0. The average Bonchev–Trinajstić information content (AvgIpc) is 1.93. The van der Waals surface area contributed by atoms with Gasteiger partial charge in [-0.3, -0.25) is 5.01 Å². The highest BCUT2D eigenvalue weighted by Gasteiger charge is 2.12. The third kappa shape index (κ3) is 0.998. The molecule has 0 unspecified atom stereocenters. The summed E-state index contributed by atoms with van der Waals surface area (Å²) in [7, 11) is 0. The van der Waals surface area contributed by atoms with Gasteiger partial charge in [0.05, 0.1) is 0 Å². The quantitative estimate of drug-likeness (QED) is 0.481. The Morgan fingerprint density at radius 1 is 1.60 bits per heavy atom. The number of nitrogens with zero attached hydrogens (tertiary/aromatic N) is 1. The first kappa shape index (κ1) is 7.15. The van der Waals surface area contributed by atoms with Gasteiger partial charge < -0.3 is 5.32 Å². The van der Waals surface area contributed by atoms with Crippen molar-refractivity contribution in [1.29, 1.82) is 0 Å². The van der Waals surface area contributed by atoms with Gasteiger partial charge in [-0.05, 0) is 19.4 Å². The van der Waals surface area contributed by atoms with Crippen molar-refractivity contribution in [2.24, 2.45) is 5.84 Å². The second-order valence-electron chi connectivity index (χ2n) is 2.54. The molecular weight excluding hydrogens is 126 g/mol. The molecule has 0 bridgehead atoms. The number of hydrazine groups is 1. The molecule has 1 heterocycles. The molecule has 0 aromatic heterocycles. The number of allylic oxidation sites excluding steroid dienone is 1. The Balaban J connectivity index is 2.88.